The summed E-state index contributed by atoms with van der Waals surface area (Å²) in [7, 11) is -0.338. The molecule has 0 bridgehead atoms. The molecular formula is C19H25N3O3S. The molecule has 0 fully saturated rings. The number of likely N-dealkylation sites (N-methyl/N-ethyl adjacent to an activating group) is 1. The van der Waals surface area contributed by atoms with E-state index in [1.54, 1.807) is 19.1 Å². The summed E-state index contributed by atoms with van der Waals surface area (Å²) in [4.78, 5) is 14.3. The molecule has 6 nitrogen and oxygen atoms in total. The molecule has 2 aromatic carbocycles. The fraction of sp³-hybridized carbons (Fsp3) is 0.316. The van der Waals surface area contributed by atoms with Crippen molar-refractivity contribution in [2.45, 2.75) is 25.3 Å². The van der Waals surface area contributed by atoms with Crippen LogP contribution in [0.15, 0.2) is 47.4 Å². The van der Waals surface area contributed by atoms with E-state index in [2.05, 4.69) is 10.0 Å². The average Bonchev–Trinajstić information content (AvgIpc) is 2.58. The lowest BCUT2D eigenvalue weighted by Gasteiger charge is -2.17. The first-order valence-corrected chi connectivity index (χ1v) is 9.78. The molecule has 2 aromatic rings. The third-order valence-electron chi connectivity index (χ3n) is 4.02. The van der Waals surface area contributed by atoms with Gasteiger partial charge in [-0.15, -0.1) is 0 Å². The van der Waals surface area contributed by atoms with Gasteiger partial charge in [-0.05, 0) is 51.2 Å². The van der Waals surface area contributed by atoms with Gasteiger partial charge >= 0.3 is 0 Å². The van der Waals surface area contributed by atoms with Crippen molar-refractivity contribution in [1.82, 2.24) is 9.62 Å². The first-order valence-electron chi connectivity index (χ1n) is 8.29. The fourth-order valence-electron chi connectivity index (χ4n) is 2.58. The predicted octanol–water partition coefficient (Wildman–Crippen LogP) is 2.28. The second-order valence-electron chi connectivity index (χ2n) is 6.39. The molecule has 0 spiro atoms. The topological polar surface area (TPSA) is 78.5 Å². The SMILES string of the molecule is CNS(=O)(=O)c1cc(NC(=O)CN(C)Cc2ccc(C)cc2)ccc1C. The summed E-state index contributed by atoms with van der Waals surface area (Å²) in [6, 6.07) is 13.0. The standard InChI is InChI=1S/C19H25N3O3S/c1-14-5-8-16(9-6-14)12-22(4)13-19(23)21-17-10-7-15(2)18(11-17)26(24,25)20-3/h5-11,20H,12-13H2,1-4H3,(H,21,23). The van der Waals surface area contributed by atoms with E-state index in [1.165, 1.54) is 18.7 Å². The molecular weight excluding hydrogens is 350 g/mol. The second-order valence-corrected chi connectivity index (χ2v) is 8.25. The van der Waals surface area contributed by atoms with Gasteiger partial charge in [0.05, 0.1) is 11.4 Å². The Hall–Kier alpha value is -2.22. The van der Waals surface area contributed by atoms with E-state index < -0.39 is 10.0 Å². The van der Waals surface area contributed by atoms with E-state index in [-0.39, 0.29) is 17.3 Å². The molecule has 1 amide bonds. The van der Waals surface area contributed by atoms with Crippen LogP contribution in [0.5, 0.6) is 0 Å². The monoisotopic (exact) mass is 375 g/mol. The van der Waals surface area contributed by atoms with Crippen molar-refractivity contribution >= 4 is 21.6 Å². The average molecular weight is 375 g/mol. The summed E-state index contributed by atoms with van der Waals surface area (Å²) in [5, 5.41) is 2.76. The molecule has 7 heteroatoms. The van der Waals surface area contributed by atoms with E-state index in [9.17, 15) is 13.2 Å². The molecule has 140 valence electrons. The molecule has 0 heterocycles. The van der Waals surface area contributed by atoms with E-state index in [1.807, 2.05) is 43.1 Å². The van der Waals surface area contributed by atoms with Crippen LogP contribution in [0.4, 0.5) is 5.69 Å². The number of nitrogens with one attached hydrogen (secondary N) is 2. The van der Waals surface area contributed by atoms with E-state index in [0.29, 0.717) is 17.8 Å². The Balaban J connectivity index is 2.01. The number of nitrogens with zero attached hydrogens (tertiary/aromatic N) is 1. The number of hydrogen-bond donors (Lipinski definition) is 2. The van der Waals surface area contributed by atoms with Crippen molar-refractivity contribution < 1.29 is 13.2 Å². The zero-order chi connectivity index (χ0) is 19.3. The van der Waals surface area contributed by atoms with Crippen LogP contribution in [0.1, 0.15) is 16.7 Å². The Morgan fingerprint density at radius 1 is 1.08 bits per heavy atom. The highest BCUT2D eigenvalue weighted by atomic mass is 32.2. The minimum Gasteiger partial charge on any atom is -0.325 e. The Kier molecular flexibility index (Phi) is 6.52. The van der Waals surface area contributed by atoms with Crippen molar-refractivity contribution in [2.24, 2.45) is 0 Å². The van der Waals surface area contributed by atoms with Crippen molar-refractivity contribution in [3.63, 3.8) is 0 Å². The van der Waals surface area contributed by atoms with Crippen molar-refractivity contribution in [3.05, 3.63) is 59.2 Å². The van der Waals surface area contributed by atoms with Crippen molar-refractivity contribution in [3.8, 4) is 0 Å². The predicted molar refractivity (Wildman–Crippen MR) is 104 cm³/mol. The molecule has 0 radical (unpaired) electrons. The van der Waals surface area contributed by atoms with Gasteiger partial charge in [-0.25, -0.2) is 13.1 Å². The van der Waals surface area contributed by atoms with Gasteiger partial charge in [-0.2, -0.15) is 0 Å². The largest absolute Gasteiger partial charge is 0.325 e. The number of aryl methyl sites for hydroxylation is 2. The van der Waals surface area contributed by atoms with Crippen LogP contribution in [0.2, 0.25) is 0 Å². The summed E-state index contributed by atoms with van der Waals surface area (Å²) >= 11 is 0. The number of benzene rings is 2. The summed E-state index contributed by atoms with van der Waals surface area (Å²) in [5.74, 6) is -0.198. The highest BCUT2D eigenvalue weighted by Gasteiger charge is 2.16. The molecule has 2 rings (SSSR count). The Bertz CT molecular complexity index is 877. The summed E-state index contributed by atoms with van der Waals surface area (Å²) < 4.78 is 26.4. The Morgan fingerprint density at radius 2 is 1.73 bits per heavy atom. The summed E-state index contributed by atoms with van der Waals surface area (Å²) in [5.41, 5.74) is 3.40. The Morgan fingerprint density at radius 3 is 2.35 bits per heavy atom. The third-order valence-corrected chi connectivity index (χ3v) is 5.57. The van der Waals surface area contributed by atoms with Crippen LogP contribution in [0.25, 0.3) is 0 Å². The molecule has 0 saturated heterocycles. The van der Waals surface area contributed by atoms with Gasteiger partial charge < -0.3 is 5.32 Å². The minimum atomic E-state index is -3.57. The Labute approximate surface area is 155 Å². The first-order chi connectivity index (χ1) is 12.2. The minimum absolute atomic E-state index is 0.158. The summed E-state index contributed by atoms with van der Waals surface area (Å²) in [6.07, 6.45) is 0. The normalized spacial score (nSPS) is 11.6. The maximum Gasteiger partial charge on any atom is 0.240 e. The molecule has 0 aliphatic rings. The lowest BCUT2D eigenvalue weighted by atomic mass is 10.1. The van der Waals surface area contributed by atoms with Gasteiger partial charge in [-0.1, -0.05) is 35.9 Å². The number of amides is 1. The van der Waals surface area contributed by atoms with Crippen molar-refractivity contribution in [1.29, 1.82) is 0 Å². The van der Waals surface area contributed by atoms with Gasteiger partial charge in [0, 0.05) is 12.2 Å². The third kappa shape index (κ3) is 5.39. The highest BCUT2D eigenvalue weighted by molar-refractivity contribution is 7.89. The van der Waals surface area contributed by atoms with Crippen LogP contribution >= 0.6 is 0 Å². The first kappa shape index (κ1) is 20.1. The lowest BCUT2D eigenvalue weighted by molar-refractivity contribution is -0.117. The maximum atomic E-state index is 12.3. The molecule has 0 atom stereocenters. The van der Waals surface area contributed by atoms with Crippen LogP contribution in [-0.2, 0) is 21.4 Å². The van der Waals surface area contributed by atoms with Gasteiger partial charge in [0.15, 0.2) is 0 Å². The van der Waals surface area contributed by atoms with E-state index in [4.69, 9.17) is 0 Å². The van der Waals surface area contributed by atoms with Crippen LogP contribution in [-0.4, -0.2) is 39.9 Å². The number of rotatable bonds is 7. The summed E-state index contributed by atoms with van der Waals surface area (Å²) in [6.45, 7) is 4.60. The highest BCUT2D eigenvalue weighted by Crippen LogP contribution is 2.20. The van der Waals surface area contributed by atoms with Gasteiger partial charge in [0.1, 0.15) is 0 Å². The zero-order valence-corrected chi connectivity index (χ0v) is 16.4. The van der Waals surface area contributed by atoms with E-state index >= 15 is 0 Å². The van der Waals surface area contributed by atoms with Gasteiger partial charge in [0.2, 0.25) is 15.9 Å². The van der Waals surface area contributed by atoms with Gasteiger partial charge in [-0.3, -0.25) is 9.69 Å². The zero-order valence-electron chi connectivity index (χ0n) is 15.5. The molecule has 0 aliphatic heterocycles. The molecule has 26 heavy (non-hydrogen) atoms. The number of anilines is 1. The van der Waals surface area contributed by atoms with Crippen LogP contribution in [0, 0.1) is 13.8 Å². The lowest BCUT2D eigenvalue weighted by Crippen LogP contribution is -2.30. The molecule has 0 aromatic heterocycles. The molecule has 0 saturated carbocycles. The number of hydrogen-bond acceptors (Lipinski definition) is 4. The quantitative estimate of drug-likeness (QED) is 0.778. The number of sulfonamides is 1. The number of carbonyl (C=O) groups excluding carboxylic acids is 1. The maximum absolute atomic E-state index is 12.3. The molecule has 2 N–H and O–H groups in total. The second kappa shape index (κ2) is 8.44. The fourth-order valence-corrected chi connectivity index (χ4v) is 3.58. The van der Waals surface area contributed by atoms with Crippen LogP contribution in [0.3, 0.4) is 0 Å². The van der Waals surface area contributed by atoms with Gasteiger partial charge in [0.25, 0.3) is 0 Å². The molecule has 0 aliphatic carbocycles. The van der Waals surface area contributed by atoms with Crippen LogP contribution < -0.4 is 10.0 Å². The van der Waals surface area contributed by atoms with Crippen molar-refractivity contribution in [2.75, 3.05) is 26.0 Å². The smallest absolute Gasteiger partial charge is 0.240 e. The van der Waals surface area contributed by atoms with E-state index in [0.717, 1.165) is 5.56 Å². The number of carbonyl (C=O) groups is 1. The molecule has 0 unspecified atom stereocenters.